The minimum atomic E-state index is -1.21. The number of rotatable bonds is 4. The van der Waals surface area contributed by atoms with Crippen LogP contribution in [0.15, 0.2) is 22.1 Å². The molecule has 1 fully saturated rings. The Balaban J connectivity index is 2.29. The quantitative estimate of drug-likeness (QED) is 0.528. The second-order valence-corrected chi connectivity index (χ2v) is 8.14. The fraction of sp³-hybridized carbons (Fsp3) is 0.562. The number of nitriles is 1. The van der Waals surface area contributed by atoms with Gasteiger partial charge < -0.3 is 19.1 Å². The number of ether oxygens (including phenoxy) is 3. The molecule has 1 aliphatic carbocycles. The maximum Gasteiger partial charge on any atom is 0.325 e. The third kappa shape index (κ3) is 2.24. The van der Waals surface area contributed by atoms with Gasteiger partial charge in [0, 0.05) is 13.0 Å². The Morgan fingerprint density at radius 1 is 1.32 bits per heavy atom. The van der Waals surface area contributed by atoms with Gasteiger partial charge in [-0.25, -0.2) is 0 Å². The molecule has 0 radical (unpaired) electrons. The summed E-state index contributed by atoms with van der Waals surface area (Å²) in [4.78, 5) is 27.4. The van der Waals surface area contributed by atoms with E-state index < -0.39 is 40.8 Å². The van der Waals surface area contributed by atoms with E-state index in [1.165, 1.54) is 44.9 Å². The smallest absolute Gasteiger partial charge is 0.325 e. The van der Waals surface area contributed by atoms with Crippen LogP contribution in [0.2, 0.25) is 0 Å². The van der Waals surface area contributed by atoms with Crippen molar-refractivity contribution in [3.8, 4) is 6.07 Å². The summed E-state index contributed by atoms with van der Waals surface area (Å²) in [6.07, 6.45) is 5.03. The molecule has 0 N–H and O–H groups in total. The van der Waals surface area contributed by atoms with Gasteiger partial charge in [0.2, 0.25) is 0 Å². The molecule has 25 heavy (non-hydrogen) atoms. The van der Waals surface area contributed by atoms with Gasteiger partial charge in [0.25, 0.3) is 0 Å². The molecule has 3 aliphatic heterocycles. The van der Waals surface area contributed by atoms with Crippen LogP contribution in [-0.4, -0.2) is 61.4 Å². The number of allylic oxidation sites excluding steroid dienone is 1. The number of nitrogens with zero attached hydrogens (tertiary/aromatic N) is 2. The van der Waals surface area contributed by atoms with Gasteiger partial charge in [-0.15, -0.1) is 11.8 Å². The lowest BCUT2D eigenvalue weighted by Gasteiger charge is -2.60. The Morgan fingerprint density at radius 3 is 2.56 bits per heavy atom. The predicted molar refractivity (Wildman–Crippen MR) is 93.1 cm³/mol. The molecule has 134 valence electrons. The number of hydrogen-bond donors (Lipinski definition) is 0. The van der Waals surface area contributed by atoms with Gasteiger partial charge >= 0.3 is 11.9 Å². The van der Waals surface area contributed by atoms with Gasteiger partial charge in [0.1, 0.15) is 18.0 Å². The average molecular weight is 382 g/mol. The highest BCUT2D eigenvalue weighted by Gasteiger charge is 2.70. The van der Waals surface area contributed by atoms with Crippen molar-refractivity contribution >= 4 is 35.5 Å². The number of esters is 2. The first kappa shape index (κ1) is 18.2. The summed E-state index contributed by atoms with van der Waals surface area (Å²) in [5.74, 6) is -2.19. The van der Waals surface area contributed by atoms with Gasteiger partial charge in [0.05, 0.1) is 30.4 Å². The molecule has 4 rings (SSSR count). The number of thioether (sulfide) groups is 2. The van der Waals surface area contributed by atoms with Crippen molar-refractivity contribution in [1.29, 1.82) is 5.26 Å². The number of hydrogen-bond acceptors (Lipinski definition) is 9. The van der Waals surface area contributed by atoms with Gasteiger partial charge in [-0.2, -0.15) is 5.26 Å². The molecule has 0 saturated carbocycles. The number of carbonyl (C=O) groups excluding carboxylic acids is 2. The van der Waals surface area contributed by atoms with E-state index in [0.717, 1.165) is 0 Å². The summed E-state index contributed by atoms with van der Waals surface area (Å²) in [5, 5.41) is 9.68. The average Bonchev–Trinajstić information content (AvgIpc) is 2.66. The van der Waals surface area contributed by atoms with E-state index in [4.69, 9.17) is 14.2 Å². The van der Waals surface area contributed by atoms with Crippen LogP contribution >= 0.6 is 23.5 Å². The van der Waals surface area contributed by atoms with E-state index in [-0.39, 0.29) is 0 Å². The summed E-state index contributed by atoms with van der Waals surface area (Å²) in [6, 6.07) is 1.69. The van der Waals surface area contributed by atoms with Crippen LogP contribution in [0, 0.1) is 23.2 Å². The van der Waals surface area contributed by atoms with Crippen molar-refractivity contribution in [3.63, 3.8) is 0 Å². The Labute approximate surface area is 154 Å². The maximum absolute atomic E-state index is 12.9. The number of piperidine rings is 1. The Hall–Kier alpha value is -1.63. The highest BCUT2D eigenvalue weighted by Crippen LogP contribution is 2.61. The first-order valence-corrected chi connectivity index (χ1v) is 9.59. The van der Waals surface area contributed by atoms with Crippen LogP contribution in [0.25, 0.3) is 0 Å². The molecule has 4 bridgehead atoms. The molecule has 5 atom stereocenters. The summed E-state index contributed by atoms with van der Waals surface area (Å²) >= 11 is 2.58. The van der Waals surface area contributed by atoms with Crippen LogP contribution in [0.5, 0.6) is 0 Å². The molecule has 9 heteroatoms. The number of carbonyl (C=O) groups is 2. The number of methoxy groups -OCH3 is 3. The third-order valence-corrected chi connectivity index (χ3v) is 7.60. The lowest BCUT2D eigenvalue weighted by atomic mass is 9.66. The van der Waals surface area contributed by atoms with Crippen molar-refractivity contribution in [2.24, 2.45) is 11.8 Å². The molecule has 0 aromatic carbocycles. The zero-order valence-electron chi connectivity index (χ0n) is 14.2. The highest BCUT2D eigenvalue weighted by atomic mass is 32.2. The van der Waals surface area contributed by atoms with Crippen molar-refractivity contribution in [2.75, 3.05) is 27.6 Å². The summed E-state index contributed by atoms with van der Waals surface area (Å²) in [5.41, 5.74) is 0.451. The first-order chi connectivity index (χ1) is 12.0. The van der Waals surface area contributed by atoms with E-state index in [2.05, 4.69) is 6.07 Å². The third-order valence-electron chi connectivity index (χ3n) is 4.91. The van der Waals surface area contributed by atoms with E-state index in [1.54, 1.807) is 4.90 Å². The molecular formula is C16H18N2O5S2. The molecule has 7 nitrogen and oxygen atoms in total. The molecule has 0 aromatic heterocycles. The summed E-state index contributed by atoms with van der Waals surface area (Å²) in [7, 11) is 4.14. The van der Waals surface area contributed by atoms with Gasteiger partial charge in [-0.1, -0.05) is 23.9 Å². The van der Waals surface area contributed by atoms with Gasteiger partial charge in [-0.05, 0) is 6.26 Å². The van der Waals surface area contributed by atoms with E-state index >= 15 is 0 Å². The van der Waals surface area contributed by atoms with Crippen LogP contribution in [-0.2, 0) is 23.8 Å². The zero-order chi connectivity index (χ0) is 18.4. The molecule has 0 spiro atoms. The fourth-order valence-electron chi connectivity index (χ4n) is 3.98. The van der Waals surface area contributed by atoms with Crippen LogP contribution in [0.4, 0.5) is 0 Å². The largest absolute Gasteiger partial charge is 0.469 e. The lowest BCUT2D eigenvalue weighted by molar-refractivity contribution is -0.177. The molecule has 5 unspecified atom stereocenters. The maximum atomic E-state index is 12.9. The van der Waals surface area contributed by atoms with E-state index in [1.807, 2.05) is 18.4 Å². The highest BCUT2D eigenvalue weighted by molar-refractivity contribution is 8.23. The lowest BCUT2D eigenvalue weighted by Crippen LogP contribution is -2.73. The van der Waals surface area contributed by atoms with Gasteiger partial charge in [0.15, 0.2) is 4.75 Å². The van der Waals surface area contributed by atoms with Crippen LogP contribution in [0.3, 0.4) is 0 Å². The molecule has 0 aromatic rings. The zero-order valence-corrected chi connectivity index (χ0v) is 15.8. The van der Waals surface area contributed by atoms with E-state index in [9.17, 15) is 14.9 Å². The Bertz CT molecular complexity index is 716. The second-order valence-electron chi connectivity index (χ2n) is 5.78. The SMILES string of the molecule is COC(=O)C1C2C=CC3N(C(C#N)=C(SC)SC13C(=O)OC)C2OC. The van der Waals surface area contributed by atoms with Crippen LogP contribution < -0.4 is 0 Å². The van der Waals surface area contributed by atoms with Crippen molar-refractivity contribution < 1.29 is 23.8 Å². The summed E-state index contributed by atoms with van der Waals surface area (Å²) in [6.45, 7) is 0. The first-order valence-electron chi connectivity index (χ1n) is 7.54. The van der Waals surface area contributed by atoms with Crippen molar-refractivity contribution in [3.05, 3.63) is 22.1 Å². The van der Waals surface area contributed by atoms with Crippen molar-refractivity contribution in [1.82, 2.24) is 4.90 Å². The minimum Gasteiger partial charge on any atom is -0.469 e. The Kier molecular flexibility index (Phi) is 4.79. The summed E-state index contributed by atoms with van der Waals surface area (Å²) < 4.78 is 15.2. The molecular weight excluding hydrogens is 364 g/mol. The topological polar surface area (TPSA) is 88.9 Å². The van der Waals surface area contributed by atoms with E-state index in [0.29, 0.717) is 9.93 Å². The molecule has 1 saturated heterocycles. The predicted octanol–water partition coefficient (Wildman–Crippen LogP) is 1.33. The van der Waals surface area contributed by atoms with Crippen LogP contribution in [0.1, 0.15) is 0 Å². The van der Waals surface area contributed by atoms with Crippen molar-refractivity contribution in [2.45, 2.75) is 17.0 Å². The van der Waals surface area contributed by atoms with Gasteiger partial charge in [-0.3, -0.25) is 9.59 Å². The molecule has 3 heterocycles. The molecule has 0 amide bonds. The Morgan fingerprint density at radius 2 is 2.04 bits per heavy atom. The fourth-order valence-corrected chi connectivity index (χ4v) is 6.48. The monoisotopic (exact) mass is 382 g/mol. The standard InChI is InChI=1S/C16H18N2O5S2/c1-21-12-8-5-6-10-16(15(20)23-3,11(8)13(19)22-2)25-14(24-4)9(7-17)18(10)12/h5-6,8,10-12H,1-4H3. The minimum absolute atomic E-state index is 0.430. The normalized spacial score (nSPS) is 35.4. The second kappa shape index (κ2) is 6.59. The molecule has 4 aliphatic rings.